The van der Waals surface area contributed by atoms with Gasteiger partial charge in [0.2, 0.25) is 0 Å². The van der Waals surface area contributed by atoms with Crippen LogP contribution in [0.2, 0.25) is 0 Å². The molecule has 1 aromatic rings. The Hall–Kier alpha value is -1.08. The Kier molecular flexibility index (Phi) is 5.13. The van der Waals surface area contributed by atoms with Gasteiger partial charge in [-0.2, -0.15) is 0 Å². The lowest BCUT2D eigenvalue weighted by Crippen LogP contribution is -2.28. The molecule has 0 aromatic heterocycles. The van der Waals surface area contributed by atoms with Crippen molar-refractivity contribution in [2.45, 2.75) is 38.8 Å². The van der Waals surface area contributed by atoms with E-state index in [0.717, 1.165) is 12.8 Å². The Bertz CT molecular complexity index is 279. The summed E-state index contributed by atoms with van der Waals surface area (Å²) in [5.74, 6) is 0. The van der Waals surface area contributed by atoms with E-state index in [0.29, 0.717) is 12.1 Å². The molecule has 1 nitrogen and oxygen atoms in total. The van der Waals surface area contributed by atoms with Crippen LogP contribution in [0.1, 0.15) is 38.3 Å². The van der Waals surface area contributed by atoms with Crippen molar-refractivity contribution < 1.29 is 0 Å². The fraction of sp³-hybridized carbons (Fsp3) is 0.429. The normalized spacial score (nSPS) is 14.5. The number of hydrogen-bond acceptors (Lipinski definition) is 1. The average molecular weight is 203 g/mol. The average Bonchev–Trinajstić information content (AvgIpc) is 2.27. The van der Waals surface area contributed by atoms with Gasteiger partial charge >= 0.3 is 0 Å². The van der Waals surface area contributed by atoms with E-state index in [1.54, 1.807) is 0 Å². The van der Waals surface area contributed by atoms with Gasteiger partial charge in [0.15, 0.2) is 0 Å². The molecule has 1 unspecified atom stereocenters. The van der Waals surface area contributed by atoms with Gasteiger partial charge in [-0.05, 0) is 32.3 Å². The maximum Gasteiger partial charge on any atom is 0.0294 e. The first-order chi connectivity index (χ1) is 7.24. The van der Waals surface area contributed by atoms with Crippen molar-refractivity contribution in [3.8, 4) is 0 Å². The van der Waals surface area contributed by atoms with Crippen molar-refractivity contribution in [3.63, 3.8) is 0 Å². The third kappa shape index (κ3) is 4.30. The summed E-state index contributed by atoms with van der Waals surface area (Å²) in [6.45, 7) is 8.18. The summed E-state index contributed by atoms with van der Waals surface area (Å²) in [6, 6.07) is 11.5. The molecule has 0 aliphatic carbocycles. The number of rotatable bonds is 6. The van der Waals surface area contributed by atoms with Crippen LogP contribution in [0, 0.1) is 0 Å². The molecule has 0 aliphatic heterocycles. The van der Waals surface area contributed by atoms with E-state index in [9.17, 15) is 0 Å². The molecule has 1 heteroatoms. The fourth-order valence-corrected chi connectivity index (χ4v) is 1.72. The van der Waals surface area contributed by atoms with Crippen LogP contribution in [0.15, 0.2) is 43.0 Å². The molecule has 1 aromatic carbocycles. The van der Waals surface area contributed by atoms with Crippen LogP contribution < -0.4 is 5.32 Å². The summed E-state index contributed by atoms with van der Waals surface area (Å²) in [5, 5.41) is 3.58. The molecule has 0 fully saturated rings. The Labute approximate surface area is 93.2 Å². The molecule has 15 heavy (non-hydrogen) atoms. The molecule has 0 aliphatic rings. The van der Waals surface area contributed by atoms with Crippen LogP contribution in [0.4, 0.5) is 0 Å². The summed E-state index contributed by atoms with van der Waals surface area (Å²) in [7, 11) is 0. The summed E-state index contributed by atoms with van der Waals surface area (Å²) in [4.78, 5) is 0. The van der Waals surface area contributed by atoms with Gasteiger partial charge < -0.3 is 5.32 Å². The van der Waals surface area contributed by atoms with Crippen molar-refractivity contribution >= 4 is 0 Å². The van der Waals surface area contributed by atoms with E-state index in [4.69, 9.17) is 0 Å². The Morgan fingerprint density at radius 3 is 2.53 bits per heavy atom. The number of hydrogen-bond donors (Lipinski definition) is 1. The molecule has 0 saturated carbocycles. The van der Waals surface area contributed by atoms with Gasteiger partial charge in [0.25, 0.3) is 0 Å². The molecule has 82 valence electrons. The van der Waals surface area contributed by atoms with Crippen LogP contribution in [0.25, 0.3) is 0 Å². The molecule has 0 spiro atoms. The molecule has 1 N–H and O–H groups in total. The van der Waals surface area contributed by atoms with Crippen LogP contribution in [-0.2, 0) is 0 Å². The molecule has 0 amide bonds. The highest BCUT2D eigenvalue weighted by Crippen LogP contribution is 2.13. The minimum Gasteiger partial charge on any atom is -0.308 e. The van der Waals surface area contributed by atoms with Gasteiger partial charge in [-0.15, -0.1) is 6.58 Å². The van der Waals surface area contributed by atoms with E-state index in [2.05, 4.69) is 56.1 Å². The van der Waals surface area contributed by atoms with Gasteiger partial charge in [0, 0.05) is 12.1 Å². The lowest BCUT2D eigenvalue weighted by Gasteiger charge is -2.19. The summed E-state index contributed by atoms with van der Waals surface area (Å²) >= 11 is 0. The second kappa shape index (κ2) is 6.41. The summed E-state index contributed by atoms with van der Waals surface area (Å²) in [6.07, 6.45) is 4.21. The topological polar surface area (TPSA) is 12.0 Å². The molecule has 0 bridgehead atoms. The summed E-state index contributed by atoms with van der Waals surface area (Å²) in [5.41, 5.74) is 1.35. The van der Waals surface area contributed by atoms with Gasteiger partial charge in [0.05, 0.1) is 0 Å². The van der Waals surface area contributed by atoms with Crippen LogP contribution in [0.3, 0.4) is 0 Å². The second-order valence-electron chi connectivity index (χ2n) is 4.07. The predicted molar refractivity (Wildman–Crippen MR) is 66.9 cm³/mol. The van der Waals surface area contributed by atoms with E-state index >= 15 is 0 Å². The van der Waals surface area contributed by atoms with Crippen molar-refractivity contribution in [2.75, 3.05) is 0 Å². The molecular weight excluding hydrogens is 182 g/mol. The maximum atomic E-state index is 3.74. The maximum absolute atomic E-state index is 3.74. The van der Waals surface area contributed by atoms with Crippen LogP contribution >= 0.6 is 0 Å². The van der Waals surface area contributed by atoms with Crippen LogP contribution in [-0.4, -0.2) is 6.04 Å². The zero-order valence-corrected chi connectivity index (χ0v) is 9.74. The first-order valence-corrected chi connectivity index (χ1v) is 5.66. The highest BCUT2D eigenvalue weighted by molar-refractivity contribution is 5.18. The molecule has 0 saturated heterocycles. The van der Waals surface area contributed by atoms with E-state index in [1.165, 1.54) is 5.56 Å². The van der Waals surface area contributed by atoms with E-state index in [1.807, 2.05) is 6.08 Å². The highest BCUT2D eigenvalue weighted by atomic mass is 14.9. The first kappa shape index (κ1) is 12.0. The molecule has 1 rings (SSSR count). The van der Waals surface area contributed by atoms with Gasteiger partial charge in [-0.3, -0.25) is 0 Å². The largest absolute Gasteiger partial charge is 0.308 e. The number of nitrogens with one attached hydrogen (secondary N) is 1. The third-order valence-electron chi connectivity index (χ3n) is 2.64. The molecule has 0 radical (unpaired) electrons. The Morgan fingerprint density at radius 2 is 1.93 bits per heavy atom. The van der Waals surface area contributed by atoms with Crippen molar-refractivity contribution in [2.24, 2.45) is 0 Å². The third-order valence-corrected chi connectivity index (χ3v) is 2.64. The standard InChI is InChI=1S/C14H21N/c1-4-5-9-12(2)15-13(3)14-10-7-6-8-11-14/h4,6-8,10-13,15H,1,5,9H2,2-3H3/t12?,13-/m0/s1. The second-order valence-corrected chi connectivity index (χ2v) is 4.07. The fourth-order valence-electron chi connectivity index (χ4n) is 1.72. The van der Waals surface area contributed by atoms with Crippen molar-refractivity contribution in [3.05, 3.63) is 48.6 Å². The van der Waals surface area contributed by atoms with E-state index in [-0.39, 0.29) is 0 Å². The lowest BCUT2D eigenvalue weighted by atomic mass is 10.1. The lowest BCUT2D eigenvalue weighted by molar-refractivity contribution is 0.459. The SMILES string of the molecule is C=CCCC(C)N[C@@H](C)c1ccccc1. The van der Waals surface area contributed by atoms with Gasteiger partial charge in [-0.25, -0.2) is 0 Å². The smallest absolute Gasteiger partial charge is 0.0294 e. The first-order valence-electron chi connectivity index (χ1n) is 5.66. The monoisotopic (exact) mass is 203 g/mol. The molecule has 0 heterocycles. The quantitative estimate of drug-likeness (QED) is 0.695. The zero-order chi connectivity index (χ0) is 11.1. The molecular formula is C14H21N. The van der Waals surface area contributed by atoms with Gasteiger partial charge in [0.1, 0.15) is 0 Å². The minimum atomic E-state index is 0.422. The Morgan fingerprint density at radius 1 is 1.27 bits per heavy atom. The van der Waals surface area contributed by atoms with Gasteiger partial charge in [-0.1, -0.05) is 36.4 Å². The van der Waals surface area contributed by atoms with Crippen molar-refractivity contribution in [1.29, 1.82) is 0 Å². The van der Waals surface area contributed by atoms with Crippen molar-refractivity contribution in [1.82, 2.24) is 5.32 Å². The summed E-state index contributed by atoms with van der Waals surface area (Å²) < 4.78 is 0. The zero-order valence-electron chi connectivity index (χ0n) is 9.74. The minimum absolute atomic E-state index is 0.422. The molecule has 2 atom stereocenters. The number of benzene rings is 1. The number of allylic oxidation sites excluding steroid dienone is 1. The highest BCUT2D eigenvalue weighted by Gasteiger charge is 2.07. The predicted octanol–water partition coefficient (Wildman–Crippen LogP) is 3.69. The van der Waals surface area contributed by atoms with E-state index < -0.39 is 0 Å². The van der Waals surface area contributed by atoms with Crippen LogP contribution in [0.5, 0.6) is 0 Å². The Balaban J connectivity index is 2.41.